The molecule has 0 amide bonds. The van der Waals surface area contributed by atoms with Gasteiger partial charge in [-0.2, -0.15) is 0 Å². The van der Waals surface area contributed by atoms with Gasteiger partial charge in [-0.1, -0.05) is 25.0 Å². The summed E-state index contributed by atoms with van der Waals surface area (Å²) in [6.07, 6.45) is 6.38. The Morgan fingerprint density at radius 3 is 2.53 bits per heavy atom. The summed E-state index contributed by atoms with van der Waals surface area (Å²) < 4.78 is 0. The van der Waals surface area contributed by atoms with Crippen LogP contribution in [-0.4, -0.2) is 17.5 Å². The molecule has 0 saturated heterocycles. The first kappa shape index (κ1) is 14.0. The van der Waals surface area contributed by atoms with Gasteiger partial charge in [0, 0.05) is 18.2 Å². The lowest BCUT2D eigenvalue weighted by Gasteiger charge is -2.20. The van der Waals surface area contributed by atoms with E-state index in [-0.39, 0.29) is 10.6 Å². The van der Waals surface area contributed by atoms with Crippen LogP contribution in [0.5, 0.6) is 0 Å². The molecule has 104 valence electrons. The van der Waals surface area contributed by atoms with Gasteiger partial charge in [0.1, 0.15) is 0 Å². The molecule has 0 aromatic heterocycles. The van der Waals surface area contributed by atoms with E-state index in [0.29, 0.717) is 6.04 Å². The Bertz CT molecular complexity index is 411. The molecule has 1 atom stereocenters. The summed E-state index contributed by atoms with van der Waals surface area (Å²) in [6.45, 7) is 3.21. The molecule has 1 aliphatic rings. The number of hydrogen-bond donors (Lipinski definition) is 1. The fourth-order valence-corrected chi connectivity index (χ4v) is 2.85. The van der Waals surface area contributed by atoms with E-state index in [1.807, 2.05) is 12.1 Å². The van der Waals surface area contributed by atoms with Gasteiger partial charge in [-0.05, 0) is 44.2 Å². The summed E-state index contributed by atoms with van der Waals surface area (Å²) in [6, 6.07) is 7.44. The van der Waals surface area contributed by atoms with Crippen LogP contribution < -0.4 is 5.32 Å². The molecule has 1 aliphatic carbocycles. The zero-order chi connectivity index (χ0) is 13.7. The van der Waals surface area contributed by atoms with Crippen LogP contribution in [0.1, 0.15) is 38.2 Å². The van der Waals surface area contributed by atoms with Gasteiger partial charge in [0.2, 0.25) is 0 Å². The van der Waals surface area contributed by atoms with Crippen LogP contribution in [0.4, 0.5) is 5.69 Å². The predicted molar refractivity (Wildman–Crippen MR) is 76.2 cm³/mol. The first-order valence-electron chi connectivity index (χ1n) is 7.13. The summed E-state index contributed by atoms with van der Waals surface area (Å²) in [5.41, 5.74) is 1.31. The molecule has 0 bridgehead atoms. The van der Waals surface area contributed by atoms with Crippen molar-refractivity contribution >= 4 is 5.69 Å². The molecule has 1 aromatic carbocycles. The van der Waals surface area contributed by atoms with Gasteiger partial charge >= 0.3 is 0 Å². The lowest BCUT2D eigenvalue weighted by molar-refractivity contribution is -0.384. The SMILES string of the molecule is C[C@H](NCCc1ccc([N+](=O)[O-])cc1)C1CCCC1. The molecule has 0 spiro atoms. The van der Waals surface area contributed by atoms with Crippen molar-refractivity contribution in [2.75, 3.05) is 6.54 Å². The molecule has 0 heterocycles. The normalized spacial score (nSPS) is 17.5. The monoisotopic (exact) mass is 262 g/mol. The zero-order valence-corrected chi connectivity index (χ0v) is 11.5. The minimum atomic E-state index is -0.357. The standard InChI is InChI=1S/C15H22N2O2/c1-12(14-4-2-3-5-14)16-11-10-13-6-8-15(9-7-13)17(18)19/h6-9,12,14,16H,2-5,10-11H2,1H3/t12-/m0/s1. The molecule has 0 unspecified atom stereocenters. The second-order valence-corrected chi connectivity index (χ2v) is 5.46. The van der Waals surface area contributed by atoms with E-state index in [2.05, 4.69) is 12.2 Å². The third-order valence-corrected chi connectivity index (χ3v) is 4.13. The molecule has 1 aromatic rings. The minimum absolute atomic E-state index is 0.163. The quantitative estimate of drug-likeness (QED) is 0.632. The van der Waals surface area contributed by atoms with Crippen LogP contribution in [-0.2, 0) is 6.42 Å². The van der Waals surface area contributed by atoms with Gasteiger partial charge in [0.25, 0.3) is 5.69 Å². The largest absolute Gasteiger partial charge is 0.314 e. The highest BCUT2D eigenvalue weighted by molar-refractivity contribution is 5.32. The van der Waals surface area contributed by atoms with Crippen molar-refractivity contribution in [1.29, 1.82) is 0 Å². The maximum Gasteiger partial charge on any atom is 0.269 e. The third kappa shape index (κ3) is 4.03. The fourth-order valence-electron chi connectivity index (χ4n) is 2.85. The number of nitro groups is 1. The number of rotatable bonds is 6. The van der Waals surface area contributed by atoms with E-state index in [4.69, 9.17) is 0 Å². The predicted octanol–water partition coefficient (Wildman–Crippen LogP) is 3.31. The Labute approximate surface area is 114 Å². The third-order valence-electron chi connectivity index (χ3n) is 4.13. The van der Waals surface area contributed by atoms with Crippen molar-refractivity contribution in [2.45, 2.75) is 45.1 Å². The van der Waals surface area contributed by atoms with Gasteiger partial charge in [0.15, 0.2) is 0 Å². The Kier molecular flexibility index (Phi) is 4.91. The number of nitrogens with one attached hydrogen (secondary N) is 1. The summed E-state index contributed by atoms with van der Waals surface area (Å²) in [5, 5.41) is 14.1. The van der Waals surface area contributed by atoms with Crippen molar-refractivity contribution in [3.8, 4) is 0 Å². The topological polar surface area (TPSA) is 55.2 Å². The van der Waals surface area contributed by atoms with Gasteiger partial charge < -0.3 is 5.32 Å². The molecule has 0 radical (unpaired) electrons. The number of nitrogens with zero attached hydrogens (tertiary/aromatic N) is 1. The number of benzene rings is 1. The van der Waals surface area contributed by atoms with E-state index < -0.39 is 0 Å². The highest BCUT2D eigenvalue weighted by Gasteiger charge is 2.20. The van der Waals surface area contributed by atoms with E-state index in [9.17, 15) is 10.1 Å². The van der Waals surface area contributed by atoms with Crippen molar-refractivity contribution < 1.29 is 4.92 Å². The Hall–Kier alpha value is -1.42. The maximum atomic E-state index is 10.6. The average molecular weight is 262 g/mol. The molecule has 1 fully saturated rings. The van der Waals surface area contributed by atoms with Crippen LogP contribution >= 0.6 is 0 Å². The van der Waals surface area contributed by atoms with Crippen molar-refractivity contribution in [2.24, 2.45) is 5.92 Å². The van der Waals surface area contributed by atoms with Crippen molar-refractivity contribution in [1.82, 2.24) is 5.32 Å². The summed E-state index contributed by atoms with van der Waals surface area (Å²) >= 11 is 0. The molecule has 19 heavy (non-hydrogen) atoms. The molecule has 4 heteroatoms. The smallest absolute Gasteiger partial charge is 0.269 e. The highest BCUT2D eigenvalue weighted by Crippen LogP contribution is 2.27. The fraction of sp³-hybridized carbons (Fsp3) is 0.600. The molecule has 2 rings (SSSR count). The number of non-ortho nitro benzene ring substituents is 1. The summed E-state index contributed by atoms with van der Waals surface area (Å²) in [7, 11) is 0. The maximum absolute atomic E-state index is 10.6. The van der Waals surface area contributed by atoms with Crippen LogP contribution in [0, 0.1) is 16.0 Å². The number of hydrogen-bond acceptors (Lipinski definition) is 3. The first-order chi connectivity index (χ1) is 9.16. The molecular weight excluding hydrogens is 240 g/mol. The van der Waals surface area contributed by atoms with Crippen LogP contribution in [0.25, 0.3) is 0 Å². The molecule has 1 N–H and O–H groups in total. The lowest BCUT2D eigenvalue weighted by atomic mass is 9.99. The highest BCUT2D eigenvalue weighted by atomic mass is 16.6. The van der Waals surface area contributed by atoms with Crippen LogP contribution in [0.3, 0.4) is 0 Å². The second-order valence-electron chi connectivity index (χ2n) is 5.46. The van der Waals surface area contributed by atoms with Crippen LogP contribution in [0.2, 0.25) is 0 Å². The van der Waals surface area contributed by atoms with Gasteiger partial charge in [0.05, 0.1) is 4.92 Å². The molecule has 1 saturated carbocycles. The lowest BCUT2D eigenvalue weighted by Crippen LogP contribution is -2.33. The minimum Gasteiger partial charge on any atom is -0.314 e. The van der Waals surface area contributed by atoms with Gasteiger partial charge in [-0.25, -0.2) is 0 Å². The second kappa shape index (κ2) is 6.66. The van der Waals surface area contributed by atoms with Gasteiger partial charge in [-0.15, -0.1) is 0 Å². The first-order valence-corrected chi connectivity index (χ1v) is 7.13. The number of nitro benzene ring substituents is 1. The summed E-state index contributed by atoms with van der Waals surface area (Å²) in [4.78, 5) is 10.2. The molecule has 4 nitrogen and oxygen atoms in total. The van der Waals surface area contributed by atoms with E-state index in [0.717, 1.165) is 24.4 Å². The Morgan fingerprint density at radius 2 is 1.95 bits per heavy atom. The van der Waals surface area contributed by atoms with E-state index in [1.54, 1.807) is 12.1 Å². The van der Waals surface area contributed by atoms with Gasteiger partial charge in [-0.3, -0.25) is 10.1 Å². The Morgan fingerprint density at radius 1 is 1.32 bits per heavy atom. The average Bonchev–Trinajstić information content (AvgIpc) is 2.93. The van der Waals surface area contributed by atoms with E-state index >= 15 is 0 Å². The van der Waals surface area contributed by atoms with Crippen molar-refractivity contribution in [3.63, 3.8) is 0 Å². The molecule has 0 aliphatic heterocycles. The van der Waals surface area contributed by atoms with Crippen molar-refractivity contribution in [3.05, 3.63) is 39.9 Å². The Balaban J connectivity index is 1.74. The summed E-state index contributed by atoms with van der Waals surface area (Å²) in [5.74, 6) is 0.830. The van der Waals surface area contributed by atoms with Crippen LogP contribution in [0.15, 0.2) is 24.3 Å². The zero-order valence-electron chi connectivity index (χ0n) is 11.5. The van der Waals surface area contributed by atoms with E-state index in [1.165, 1.54) is 25.7 Å². The molecular formula is C15H22N2O2.